The standard InChI is InChI=1S/C14H12ClN3O/c15-10-6-7-12-11(8-10)14(19,13(17-12)18-16)9-4-2-1-3-5-9/h1-8,19H,16H2,(H,17,18). The Balaban J connectivity index is 2.25. The Kier molecular flexibility index (Phi) is 2.78. The first-order valence-corrected chi connectivity index (χ1v) is 6.18. The SMILES string of the molecule is NNC1=Nc2ccc(Cl)cc2C1(O)c1ccccc1. The van der Waals surface area contributed by atoms with Gasteiger partial charge in [-0.2, -0.15) is 0 Å². The molecule has 1 aliphatic heterocycles. The predicted molar refractivity (Wildman–Crippen MR) is 75.3 cm³/mol. The van der Waals surface area contributed by atoms with Crippen molar-refractivity contribution in [2.75, 3.05) is 0 Å². The second kappa shape index (κ2) is 4.35. The predicted octanol–water partition coefficient (Wildman–Crippen LogP) is 2.08. The molecule has 0 saturated carbocycles. The van der Waals surface area contributed by atoms with Crippen LogP contribution in [-0.2, 0) is 5.60 Å². The summed E-state index contributed by atoms with van der Waals surface area (Å²) in [5, 5.41) is 11.6. The van der Waals surface area contributed by atoms with E-state index in [0.29, 0.717) is 21.8 Å². The number of nitrogens with two attached hydrogens (primary N) is 1. The van der Waals surface area contributed by atoms with Crippen LogP contribution in [0.1, 0.15) is 11.1 Å². The third kappa shape index (κ3) is 1.73. The van der Waals surface area contributed by atoms with Crippen molar-refractivity contribution in [2.24, 2.45) is 10.8 Å². The second-order valence-corrected chi connectivity index (χ2v) is 4.78. The lowest BCUT2D eigenvalue weighted by molar-refractivity contribution is 0.156. The first kappa shape index (κ1) is 12.2. The van der Waals surface area contributed by atoms with Gasteiger partial charge in [0, 0.05) is 10.6 Å². The van der Waals surface area contributed by atoms with Crippen molar-refractivity contribution in [3.8, 4) is 0 Å². The normalized spacial score (nSPS) is 20.9. The molecule has 4 N–H and O–H groups in total. The summed E-state index contributed by atoms with van der Waals surface area (Å²) in [7, 11) is 0. The average Bonchev–Trinajstić information content (AvgIpc) is 2.74. The molecule has 0 aromatic heterocycles. The number of hydrazine groups is 1. The van der Waals surface area contributed by atoms with E-state index >= 15 is 0 Å². The monoisotopic (exact) mass is 273 g/mol. The van der Waals surface area contributed by atoms with Gasteiger partial charge in [-0.3, -0.25) is 0 Å². The van der Waals surface area contributed by atoms with Crippen molar-refractivity contribution in [2.45, 2.75) is 5.60 Å². The Hall–Kier alpha value is -1.88. The molecule has 2 aromatic carbocycles. The maximum atomic E-state index is 11.1. The molecule has 1 aliphatic rings. The molecule has 1 atom stereocenters. The molecule has 2 aromatic rings. The van der Waals surface area contributed by atoms with Crippen molar-refractivity contribution in [3.63, 3.8) is 0 Å². The van der Waals surface area contributed by atoms with Gasteiger partial charge in [0.25, 0.3) is 0 Å². The summed E-state index contributed by atoms with van der Waals surface area (Å²) in [5.74, 6) is 5.78. The molecule has 0 spiro atoms. The molecular weight excluding hydrogens is 262 g/mol. The lowest BCUT2D eigenvalue weighted by Crippen LogP contribution is -2.46. The van der Waals surface area contributed by atoms with Gasteiger partial charge in [0.1, 0.15) is 0 Å². The summed E-state index contributed by atoms with van der Waals surface area (Å²) < 4.78 is 0. The Bertz CT molecular complexity index is 657. The van der Waals surface area contributed by atoms with Crippen molar-refractivity contribution in [1.29, 1.82) is 0 Å². The number of nitrogens with zero attached hydrogens (tertiary/aromatic N) is 1. The van der Waals surface area contributed by atoms with E-state index in [9.17, 15) is 5.11 Å². The van der Waals surface area contributed by atoms with Crippen molar-refractivity contribution in [1.82, 2.24) is 5.43 Å². The van der Waals surface area contributed by atoms with E-state index in [2.05, 4.69) is 10.4 Å². The Labute approximate surface area is 115 Å². The summed E-state index contributed by atoms with van der Waals surface area (Å²) in [6, 6.07) is 14.4. The Morgan fingerprint density at radius 1 is 1.16 bits per heavy atom. The van der Waals surface area contributed by atoms with E-state index in [4.69, 9.17) is 17.4 Å². The first-order valence-electron chi connectivity index (χ1n) is 5.80. The van der Waals surface area contributed by atoms with Gasteiger partial charge >= 0.3 is 0 Å². The van der Waals surface area contributed by atoms with Crippen LogP contribution in [-0.4, -0.2) is 10.9 Å². The van der Waals surface area contributed by atoms with Gasteiger partial charge in [-0.15, -0.1) is 0 Å². The van der Waals surface area contributed by atoms with Gasteiger partial charge in [-0.25, -0.2) is 10.8 Å². The largest absolute Gasteiger partial charge is 0.373 e. The number of hydrogen-bond acceptors (Lipinski definition) is 4. The van der Waals surface area contributed by atoms with Crippen LogP contribution in [0.25, 0.3) is 0 Å². The van der Waals surface area contributed by atoms with Gasteiger partial charge in [0.15, 0.2) is 11.4 Å². The van der Waals surface area contributed by atoms with E-state index in [1.807, 2.05) is 30.3 Å². The zero-order chi connectivity index (χ0) is 13.5. The summed E-state index contributed by atoms with van der Waals surface area (Å²) in [4.78, 5) is 4.31. The number of aliphatic imine (C=N–C) groups is 1. The zero-order valence-corrected chi connectivity index (χ0v) is 10.7. The van der Waals surface area contributed by atoms with Gasteiger partial charge in [-0.1, -0.05) is 41.9 Å². The minimum Gasteiger partial charge on any atom is -0.373 e. The van der Waals surface area contributed by atoms with Gasteiger partial charge in [0.05, 0.1) is 5.69 Å². The number of nitrogens with one attached hydrogen (secondary N) is 1. The van der Waals surface area contributed by atoms with Gasteiger partial charge in [-0.05, 0) is 23.8 Å². The molecule has 0 amide bonds. The van der Waals surface area contributed by atoms with Crippen LogP contribution >= 0.6 is 11.6 Å². The molecule has 0 fully saturated rings. The lowest BCUT2D eigenvalue weighted by atomic mass is 9.86. The van der Waals surface area contributed by atoms with Gasteiger partial charge in [0.2, 0.25) is 0 Å². The molecule has 1 heterocycles. The van der Waals surface area contributed by atoms with Crippen molar-refractivity contribution in [3.05, 3.63) is 64.7 Å². The molecule has 0 aliphatic carbocycles. The highest BCUT2D eigenvalue weighted by Gasteiger charge is 2.43. The number of amidine groups is 1. The fraction of sp³-hybridized carbons (Fsp3) is 0.0714. The highest BCUT2D eigenvalue weighted by atomic mass is 35.5. The van der Waals surface area contributed by atoms with Crippen LogP contribution in [0.2, 0.25) is 5.02 Å². The number of halogens is 1. The Morgan fingerprint density at radius 3 is 2.58 bits per heavy atom. The quantitative estimate of drug-likeness (QED) is 0.550. The Morgan fingerprint density at radius 2 is 1.89 bits per heavy atom. The zero-order valence-electron chi connectivity index (χ0n) is 9.97. The summed E-state index contributed by atoms with van der Waals surface area (Å²) in [5.41, 5.74) is 3.05. The lowest BCUT2D eigenvalue weighted by Gasteiger charge is -2.26. The number of aliphatic hydroxyl groups is 1. The van der Waals surface area contributed by atoms with Crippen LogP contribution in [0.5, 0.6) is 0 Å². The minimum absolute atomic E-state index is 0.288. The maximum Gasteiger partial charge on any atom is 0.176 e. The molecule has 1 unspecified atom stereocenters. The van der Waals surface area contributed by atoms with E-state index in [1.54, 1.807) is 18.2 Å². The molecule has 5 heteroatoms. The van der Waals surface area contributed by atoms with Gasteiger partial charge < -0.3 is 10.5 Å². The fourth-order valence-corrected chi connectivity index (χ4v) is 2.50. The van der Waals surface area contributed by atoms with Crippen molar-refractivity contribution < 1.29 is 5.11 Å². The number of fused-ring (bicyclic) bond motifs is 1. The van der Waals surface area contributed by atoms with E-state index in [-0.39, 0.29) is 5.84 Å². The molecule has 19 heavy (non-hydrogen) atoms. The van der Waals surface area contributed by atoms with E-state index in [0.717, 1.165) is 0 Å². The number of benzene rings is 2. The minimum atomic E-state index is -1.39. The summed E-state index contributed by atoms with van der Waals surface area (Å²) >= 11 is 6.02. The molecule has 0 bridgehead atoms. The number of hydrogen-bond donors (Lipinski definition) is 3. The van der Waals surface area contributed by atoms with Crippen LogP contribution in [0, 0.1) is 0 Å². The molecular formula is C14H12ClN3O. The highest BCUT2D eigenvalue weighted by molar-refractivity contribution is 6.30. The third-order valence-electron chi connectivity index (χ3n) is 3.25. The molecule has 3 rings (SSSR count). The molecule has 4 nitrogen and oxygen atoms in total. The van der Waals surface area contributed by atoms with Crippen LogP contribution in [0.3, 0.4) is 0 Å². The number of rotatable bonds is 1. The van der Waals surface area contributed by atoms with Crippen LogP contribution < -0.4 is 11.3 Å². The summed E-state index contributed by atoms with van der Waals surface area (Å²) in [6.07, 6.45) is 0. The first-order chi connectivity index (χ1) is 9.16. The maximum absolute atomic E-state index is 11.1. The smallest absolute Gasteiger partial charge is 0.176 e. The second-order valence-electron chi connectivity index (χ2n) is 4.34. The molecule has 0 saturated heterocycles. The van der Waals surface area contributed by atoms with E-state index in [1.165, 1.54) is 0 Å². The van der Waals surface area contributed by atoms with Crippen LogP contribution in [0.15, 0.2) is 53.5 Å². The fourth-order valence-electron chi connectivity index (χ4n) is 2.33. The topological polar surface area (TPSA) is 70.6 Å². The highest BCUT2D eigenvalue weighted by Crippen LogP contribution is 2.43. The molecule has 0 radical (unpaired) electrons. The molecule has 96 valence electrons. The summed E-state index contributed by atoms with van der Waals surface area (Å²) in [6.45, 7) is 0. The van der Waals surface area contributed by atoms with Crippen molar-refractivity contribution >= 4 is 23.1 Å². The van der Waals surface area contributed by atoms with E-state index < -0.39 is 5.60 Å². The third-order valence-corrected chi connectivity index (χ3v) is 3.49. The van der Waals surface area contributed by atoms with Crippen LogP contribution in [0.4, 0.5) is 5.69 Å². The average molecular weight is 274 g/mol.